The monoisotopic (exact) mass is 298 g/mol. The zero-order chi connectivity index (χ0) is 14.9. The van der Waals surface area contributed by atoms with E-state index in [4.69, 9.17) is 4.74 Å². The van der Waals surface area contributed by atoms with Gasteiger partial charge in [-0.1, -0.05) is 18.2 Å². The first-order valence-corrected chi connectivity index (χ1v) is 8.61. The summed E-state index contributed by atoms with van der Waals surface area (Å²) in [5.74, 6) is 3.64. The summed E-state index contributed by atoms with van der Waals surface area (Å²) in [5, 5.41) is 0. The molecule has 4 rings (SSSR count). The minimum atomic E-state index is 0.876. The van der Waals surface area contributed by atoms with Crippen molar-refractivity contribution in [3.8, 4) is 5.75 Å². The first kappa shape index (κ1) is 14.1. The lowest BCUT2D eigenvalue weighted by molar-refractivity contribution is 0.204. The molecule has 0 N–H and O–H groups in total. The van der Waals surface area contributed by atoms with Gasteiger partial charge >= 0.3 is 0 Å². The number of nitrogens with zero attached hydrogens (tertiary/aromatic N) is 2. The van der Waals surface area contributed by atoms with Crippen LogP contribution in [0.5, 0.6) is 5.75 Å². The zero-order valence-corrected chi connectivity index (χ0v) is 13.4. The van der Waals surface area contributed by atoms with Gasteiger partial charge in [-0.25, -0.2) is 0 Å². The van der Waals surface area contributed by atoms with E-state index in [0.717, 1.165) is 36.6 Å². The van der Waals surface area contributed by atoms with Crippen LogP contribution in [0.25, 0.3) is 0 Å². The smallest absolute Gasteiger partial charge is 0.120 e. The molecule has 1 saturated carbocycles. The molecule has 2 fully saturated rings. The van der Waals surface area contributed by atoms with E-state index in [0.29, 0.717) is 0 Å². The lowest BCUT2D eigenvalue weighted by Gasteiger charge is -2.38. The molecule has 3 heteroatoms. The average molecular weight is 298 g/mol. The summed E-state index contributed by atoms with van der Waals surface area (Å²) < 4.78 is 5.34. The van der Waals surface area contributed by atoms with Crippen molar-refractivity contribution in [3.63, 3.8) is 0 Å². The Morgan fingerprint density at radius 2 is 1.95 bits per heavy atom. The number of anilines is 1. The maximum absolute atomic E-state index is 5.34. The third kappa shape index (κ3) is 2.74. The molecule has 118 valence electrons. The lowest BCUT2D eigenvalue weighted by Crippen LogP contribution is -2.48. The van der Waals surface area contributed by atoms with E-state index in [1.54, 1.807) is 7.11 Å². The van der Waals surface area contributed by atoms with E-state index in [1.165, 1.54) is 38.2 Å². The Morgan fingerprint density at radius 3 is 2.64 bits per heavy atom. The number of hydrogen-bond acceptors (Lipinski definition) is 3. The minimum absolute atomic E-state index is 0.876. The van der Waals surface area contributed by atoms with Crippen molar-refractivity contribution in [1.29, 1.82) is 0 Å². The average Bonchev–Trinajstić information content (AvgIpc) is 3.18. The van der Waals surface area contributed by atoms with Crippen LogP contribution >= 0.6 is 0 Å². The molecule has 0 unspecified atom stereocenters. The Balaban J connectivity index is 1.31. The molecule has 3 nitrogen and oxygen atoms in total. The normalized spacial score (nSPS) is 31.0. The summed E-state index contributed by atoms with van der Waals surface area (Å²) in [4.78, 5) is 5.16. The van der Waals surface area contributed by atoms with Gasteiger partial charge in [0.1, 0.15) is 5.75 Å². The Kier molecular flexibility index (Phi) is 3.83. The van der Waals surface area contributed by atoms with Crippen molar-refractivity contribution in [2.24, 2.45) is 17.8 Å². The van der Waals surface area contributed by atoms with Crippen molar-refractivity contribution < 1.29 is 4.74 Å². The fourth-order valence-electron chi connectivity index (χ4n) is 4.43. The first-order valence-electron chi connectivity index (χ1n) is 8.61. The summed E-state index contributed by atoms with van der Waals surface area (Å²) in [6.45, 7) is 5.94. The van der Waals surface area contributed by atoms with Crippen molar-refractivity contribution in [2.45, 2.75) is 12.8 Å². The number of fused-ring (bicyclic) bond motifs is 2. The third-order valence-electron chi connectivity index (χ3n) is 5.70. The molecule has 2 aliphatic carbocycles. The molecule has 2 bridgehead atoms. The summed E-state index contributed by atoms with van der Waals surface area (Å²) in [6.07, 6.45) is 7.78. The molecule has 3 aliphatic rings. The fourth-order valence-corrected chi connectivity index (χ4v) is 4.43. The van der Waals surface area contributed by atoms with Gasteiger partial charge < -0.3 is 9.64 Å². The number of ether oxygens (including phenoxy) is 1. The van der Waals surface area contributed by atoms with Gasteiger partial charge in [-0.3, -0.25) is 4.90 Å². The maximum atomic E-state index is 5.34. The van der Waals surface area contributed by atoms with Gasteiger partial charge in [-0.2, -0.15) is 0 Å². The molecule has 1 heterocycles. The molecule has 0 spiro atoms. The molecule has 1 aromatic rings. The van der Waals surface area contributed by atoms with E-state index >= 15 is 0 Å². The summed E-state index contributed by atoms with van der Waals surface area (Å²) in [7, 11) is 1.74. The van der Waals surface area contributed by atoms with Crippen LogP contribution in [-0.4, -0.2) is 44.7 Å². The topological polar surface area (TPSA) is 15.7 Å². The van der Waals surface area contributed by atoms with Crippen LogP contribution in [0.3, 0.4) is 0 Å². The second-order valence-corrected chi connectivity index (χ2v) is 7.03. The van der Waals surface area contributed by atoms with E-state index < -0.39 is 0 Å². The Labute approximate surface area is 133 Å². The zero-order valence-electron chi connectivity index (χ0n) is 13.4. The SMILES string of the molecule is COc1cccc(N2CCN(C[C@@H]3C[C@@H]4C=C[C@H]3C4)CC2)c1. The largest absolute Gasteiger partial charge is 0.497 e. The number of benzene rings is 1. The van der Waals surface area contributed by atoms with Gasteiger partial charge in [-0.15, -0.1) is 0 Å². The van der Waals surface area contributed by atoms with Crippen molar-refractivity contribution >= 4 is 5.69 Å². The minimum Gasteiger partial charge on any atom is -0.497 e. The Hall–Kier alpha value is -1.48. The quantitative estimate of drug-likeness (QED) is 0.795. The highest BCUT2D eigenvalue weighted by atomic mass is 16.5. The fraction of sp³-hybridized carbons (Fsp3) is 0.579. The van der Waals surface area contributed by atoms with E-state index in [1.807, 2.05) is 6.07 Å². The Morgan fingerprint density at radius 1 is 1.09 bits per heavy atom. The van der Waals surface area contributed by atoms with Crippen LogP contribution in [0.4, 0.5) is 5.69 Å². The summed E-state index contributed by atoms with van der Waals surface area (Å²) >= 11 is 0. The van der Waals surface area contributed by atoms with E-state index in [9.17, 15) is 0 Å². The maximum Gasteiger partial charge on any atom is 0.120 e. The number of hydrogen-bond donors (Lipinski definition) is 0. The highest BCUT2D eigenvalue weighted by Gasteiger charge is 2.36. The summed E-state index contributed by atoms with van der Waals surface area (Å²) in [6, 6.07) is 8.44. The van der Waals surface area contributed by atoms with Gasteiger partial charge in [0.2, 0.25) is 0 Å². The van der Waals surface area contributed by atoms with Crippen LogP contribution in [0.2, 0.25) is 0 Å². The molecule has 0 aromatic heterocycles. The Bertz CT molecular complexity index is 548. The van der Waals surface area contributed by atoms with Gasteiger partial charge in [-0.05, 0) is 42.7 Å². The van der Waals surface area contributed by atoms with Crippen LogP contribution in [0.1, 0.15) is 12.8 Å². The first-order chi connectivity index (χ1) is 10.8. The predicted molar refractivity (Wildman–Crippen MR) is 90.5 cm³/mol. The molecular weight excluding hydrogens is 272 g/mol. The second kappa shape index (κ2) is 5.96. The summed E-state index contributed by atoms with van der Waals surface area (Å²) in [5.41, 5.74) is 1.29. The number of rotatable bonds is 4. The lowest BCUT2D eigenvalue weighted by atomic mass is 9.93. The molecule has 1 aromatic carbocycles. The van der Waals surface area contributed by atoms with Crippen molar-refractivity contribution in [3.05, 3.63) is 36.4 Å². The number of allylic oxidation sites excluding steroid dienone is 2. The molecule has 3 atom stereocenters. The van der Waals surface area contributed by atoms with Crippen LogP contribution < -0.4 is 9.64 Å². The van der Waals surface area contributed by atoms with Gasteiger partial charge in [0.15, 0.2) is 0 Å². The van der Waals surface area contributed by atoms with Crippen LogP contribution in [0, 0.1) is 17.8 Å². The van der Waals surface area contributed by atoms with Crippen LogP contribution in [0.15, 0.2) is 36.4 Å². The second-order valence-electron chi connectivity index (χ2n) is 7.03. The van der Waals surface area contributed by atoms with Gasteiger partial charge in [0.05, 0.1) is 7.11 Å². The van der Waals surface area contributed by atoms with E-state index in [2.05, 4.69) is 40.2 Å². The predicted octanol–water partition coefficient (Wildman–Crippen LogP) is 3.03. The van der Waals surface area contributed by atoms with Gasteiger partial charge in [0.25, 0.3) is 0 Å². The highest BCUT2D eigenvalue weighted by molar-refractivity contribution is 5.51. The number of piperazine rings is 1. The molecule has 1 saturated heterocycles. The number of methoxy groups -OCH3 is 1. The molecule has 0 amide bonds. The van der Waals surface area contributed by atoms with Crippen molar-refractivity contribution in [2.75, 3.05) is 44.7 Å². The molecular formula is C19H26N2O. The third-order valence-corrected chi connectivity index (χ3v) is 5.70. The molecule has 0 radical (unpaired) electrons. The van der Waals surface area contributed by atoms with Crippen molar-refractivity contribution in [1.82, 2.24) is 4.90 Å². The highest BCUT2D eigenvalue weighted by Crippen LogP contribution is 2.43. The van der Waals surface area contributed by atoms with Gasteiger partial charge in [0, 0.05) is 44.5 Å². The van der Waals surface area contributed by atoms with E-state index in [-0.39, 0.29) is 0 Å². The molecule has 22 heavy (non-hydrogen) atoms. The molecule has 1 aliphatic heterocycles. The standard InChI is InChI=1S/C19H26N2O/c1-22-19-4-2-3-18(13-19)21-9-7-20(8-10-21)14-17-12-15-5-6-16(17)11-15/h2-6,13,15-17H,7-12,14H2,1H3/t15-,16+,17+/m1/s1. The van der Waals surface area contributed by atoms with Crippen LogP contribution in [-0.2, 0) is 0 Å².